The molecule has 6 heteroatoms. The molecule has 1 N–H and O–H groups in total. The van der Waals surface area contributed by atoms with Crippen LogP contribution in [0.2, 0.25) is 0 Å². The van der Waals surface area contributed by atoms with Crippen molar-refractivity contribution in [3.63, 3.8) is 0 Å². The second kappa shape index (κ2) is 7.00. The number of halogens is 3. The average molecular weight is 374 g/mol. The number of piperidine rings is 3. The second-order valence-electron chi connectivity index (χ2n) is 7.37. The maximum atomic E-state index is 12.7. The summed E-state index contributed by atoms with van der Waals surface area (Å²) in [5, 5.41) is 3.14. The van der Waals surface area contributed by atoms with E-state index in [9.17, 15) is 18.0 Å². The third-order valence-corrected chi connectivity index (χ3v) is 5.67. The molecule has 2 aromatic carbocycles. The summed E-state index contributed by atoms with van der Waals surface area (Å²) in [7, 11) is 0. The summed E-state index contributed by atoms with van der Waals surface area (Å²) in [6, 6.07) is 12.2. The first-order valence-electron chi connectivity index (χ1n) is 9.21. The first-order valence-corrected chi connectivity index (χ1v) is 9.21. The highest BCUT2D eigenvalue weighted by Crippen LogP contribution is 2.31. The van der Waals surface area contributed by atoms with Crippen molar-refractivity contribution in [3.8, 4) is 11.1 Å². The molecule has 0 aromatic heterocycles. The molecule has 1 atom stereocenters. The van der Waals surface area contributed by atoms with E-state index in [4.69, 9.17) is 0 Å². The Labute approximate surface area is 156 Å². The number of carbonyl (C=O) groups excluding carboxylic acids is 1. The van der Waals surface area contributed by atoms with Crippen molar-refractivity contribution < 1.29 is 18.0 Å². The lowest BCUT2D eigenvalue weighted by Crippen LogP contribution is -2.57. The van der Waals surface area contributed by atoms with E-state index >= 15 is 0 Å². The number of nitrogens with zero attached hydrogens (tertiary/aromatic N) is 1. The highest BCUT2D eigenvalue weighted by atomic mass is 19.4. The highest BCUT2D eigenvalue weighted by molar-refractivity contribution is 5.95. The van der Waals surface area contributed by atoms with Gasteiger partial charge in [0.05, 0.1) is 5.56 Å². The number of nitrogens with one attached hydrogen (secondary N) is 1. The van der Waals surface area contributed by atoms with Gasteiger partial charge in [-0.15, -0.1) is 0 Å². The first kappa shape index (κ1) is 18.0. The molecule has 0 radical (unpaired) electrons. The number of fused-ring (bicyclic) bond motifs is 3. The van der Waals surface area contributed by atoms with Crippen LogP contribution in [0.25, 0.3) is 11.1 Å². The predicted molar refractivity (Wildman–Crippen MR) is 97.3 cm³/mol. The molecule has 1 unspecified atom stereocenters. The molecule has 3 aliphatic rings. The van der Waals surface area contributed by atoms with Crippen LogP contribution in [0.4, 0.5) is 13.2 Å². The molecule has 2 aromatic rings. The topological polar surface area (TPSA) is 32.3 Å². The van der Waals surface area contributed by atoms with E-state index in [0.29, 0.717) is 17.0 Å². The van der Waals surface area contributed by atoms with Crippen LogP contribution in [0, 0.1) is 5.92 Å². The molecule has 3 saturated heterocycles. The standard InChI is InChI=1S/C21H21F3N2O/c22-21(23,24)18-7-5-15(6-8-18)14-1-3-17(4-2-14)20(27)25-19-13-26-11-9-16(19)10-12-26/h1-8,16,19H,9-13H2,(H,25,27). The van der Waals surface area contributed by atoms with Crippen molar-refractivity contribution in [2.75, 3.05) is 19.6 Å². The van der Waals surface area contributed by atoms with Crippen LogP contribution in [-0.4, -0.2) is 36.5 Å². The van der Waals surface area contributed by atoms with E-state index < -0.39 is 11.7 Å². The Balaban J connectivity index is 1.43. The van der Waals surface area contributed by atoms with Crippen LogP contribution >= 0.6 is 0 Å². The van der Waals surface area contributed by atoms with Gasteiger partial charge < -0.3 is 10.2 Å². The largest absolute Gasteiger partial charge is 0.416 e. The number of hydrogen-bond acceptors (Lipinski definition) is 2. The molecular formula is C21H21F3N2O. The lowest BCUT2D eigenvalue weighted by Gasteiger charge is -2.44. The highest BCUT2D eigenvalue weighted by Gasteiger charge is 2.35. The number of alkyl halides is 3. The second-order valence-corrected chi connectivity index (χ2v) is 7.37. The van der Waals surface area contributed by atoms with Crippen LogP contribution < -0.4 is 5.32 Å². The fourth-order valence-electron chi connectivity index (χ4n) is 4.05. The molecule has 142 valence electrons. The zero-order valence-electron chi connectivity index (χ0n) is 14.8. The van der Waals surface area contributed by atoms with Gasteiger partial charge in [0.25, 0.3) is 5.91 Å². The van der Waals surface area contributed by atoms with Gasteiger partial charge in [0.1, 0.15) is 0 Å². The summed E-state index contributed by atoms with van der Waals surface area (Å²) in [6.45, 7) is 3.16. The summed E-state index contributed by atoms with van der Waals surface area (Å²) in [4.78, 5) is 14.9. The number of carbonyl (C=O) groups is 1. The molecule has 3 aliphatic heterocycles. The third kappa shape index (κ3) is 3.86. The van der Waals surface area contributed by atoms with E-state index in [2.05, 4.69) is 10.2 Å². The van der Waals surface area contributed by atoms with Crippen molar-refractivity contribution in [2.24, 2.45) is 5.92 Å². The molecule has 0 saturated carbocycles. The molecular weight excluding hydrogens is 353 g/mol. The lowest BCUT2D eigenvalue weighted by atomic mass is 9.84. The minimum atomic E-state index is -4.34. The molecule has 0 aliphatic carbocycles. The van der Waals surface area contributed by atoms with Gasteiger partial charge in [-0.05, 0) is 67.2 Å². The zero-order chi connectivity index (χ0) is 19.0. The predicted octanol–water partition coefficient (Wildman–Crippen LogP) is 4.20. The van der Waals surface area contributed by atoms with Crippen molar-refractivity contribution in [3.05, 3.63) is 59.7 Å². The SMILES string of the molecule is O=C(NC1CN2CCC1CC2)c1ccc(-c2ccc(C(F)(F)F)cc2)cc1. The summed E-state index contributed by atoms with van der Waals surface area (Å²) >= 11 is 0. The summed E-state index contributed by atoms with van der Waals surface area (Å²) in [5.74, 6) is 0.470. The maximum absolute atomic E-state index is 12.7. The lowest BCUT2D eigenvalue weighted by molar-refractivity contribution is -0.137. The molecule has 3 fully saturated rings. The number of hydrogen-bond donors (Lipinski definition) is 1. The first-order chi connectivity index (χ1) is 12.9. The molecule has 2 bridgehead atoms. The fraction of sp³-hybridized carbons (Fsp3) is 0.381. The molecule has 5 rings (SSSR count). The Hall–Kier alpha value is -2.34. The Bertz CT molecular complexity index is 807. The van der Waals surface area contributed by atoms with Gasteiger partial charge in [0, 0.05) is 18.2 Å². The minimum absolute atomic E-state index is 0.0901. The van der Waals surface area contributed by atoms with Gasteiger partial charge in [0.15, 0.2) is 0 Å². The quantitative estimate of drug-likeness (QED) is 0.874. The van der Waals surface area contributed by atoms with E-state index in [-0.39, 0.29) is 11.9 Å². The molecule has 1 amide bonds. The van der Waals surface area contributed by atoms with Gasteiger partial charge in [-0.1, -0.05) is 24.3 Å². The zero-order valence-corrected chi connectivity index (χ0v) is 14.8. The minimum Gasteiger partial charge on any atom is -0.348 e. The van der Waals surface area contributed by atoms with E-state index in [1.54, 1.807) is 24.3 Å². The van der Waals surface area contributed by atoms with Crippen molar-refractivity contribution in [1.82, 2.24) is 10.2 Å². The maximum Gasteiger partial charge on any atom is 0.416 e. The van der Waals surface area contributed by atoms with Crippen molar-refractivity contribution in [1.29, 1.82) is 0 Å². The Morgan fingerprint density at radius 3 is 1.96 bits per heavy atom. The van der Waals surface area contributed by atoms with Gasteiger partial charge in [-0.3, -0.25) is 4.79 Å². The van der Waals surface area contributed by atoms with Crippen LogP contribution in [0.1, 0.15) is 28.8 Å². The van der Waals surface area contributed by atoms with Crippen LogP contribution in [0.5, 0.6) is 0 Å². The van der Waals surface area contributed by atoms with E-state index in [1.807, 2.05) is 0 Å². The molecule has 3 nitrogen and oxygen atoms in total. The van der Waals surface area contributed by atoms with Crippen LogP contribution in [0.15, 0.2) is 48.5 Å². The van der Waals surface area contributed by atoms with Crippen LogP contribution in [0.3, 0.4) is 0 Å². The summed E-state index contributed by atoms with van der Waals surface area (Å²) in [5.41, 5.74) is 1.37. The number of rotatable bonds is 3. The summed E-state index contributed by atoms with van der Waals surface area (Å²) in [6.07, 6.45) is -2.06. The average Bonchev–Trinajstić information content (AvgIpc) is 2.68. The Kier molecular flexibility index (Phi) is 4.68. The molecule has 3 heterocycles. The number of amides is 1. The Morgan fingerprint density at radius 2 is 1.48 bits per heavy atom. The normalized spacial score (nSPS) is 24.6. The van der Waals surface area contributed by atoms with Gasteiger partial charge >= 0.3 is 6.18 Å². The van der Waals surface area contributed by atoms with Crippen molar-refractivity contribution in [2.45, 2.75) is 25.1 Å². The van der Waals surface area contributed by atoms with Gasteiger partial charge in [-0.25, -0.2) is 0 Å². The van der Waals surface area contributed by atoms with Crippen LogP contribution in [-0.2, 0) is 6.18 Å². The van der Waals surface area contributed by atoms with E-state index in [1.165, 1.54) is 12.1 Å². The Morgan fingerprint density at radius 1 is 0.926 bits per heavy atom. The van der Waals surface area contributed by atoms with Gasteiger partial charge in [0.2, 0.25) is 0 Å². The monoisotopic (exact) mass is 374 g/mol. The summed E-state index contributed by atoms with van der Waals surface area (Å²) < 4.78 is 38.0. The smallest absolute Gasteiger partial charge is 0.348 e. The number of benzene rings is 2. The third-order valence-electron chi connectivity index (χ3n) is 5.67. The van der Waals surface area contributed by atoms with Crippen molar-refractivity contribution >= 4 is 5.91 Å². The molecule has 27 heavy (non-hydrogen) atoms. The van der Waals surface area contributed by atoms with E-state index in [0.717, 1.165) is 50.2 Å². The van der Waals surface area contributed by atoms with Gasteiger partial charge in [-0.2, -0.15) is 13.2 Å². The molecule has 0 spiro atoms. The fourth-order valence-corrected chi connectivity index (χ4v) is 4.05.